The van der Waals surface area contributed by atoms with E-state index in [1.54, 1.807) is 0 Å². The Morgan fingerprint density at radius 2 is 2.00 bits per heavy atom. The van der Waals surface area contributed by atoms with Gasteiger partial charge in [-0.25, -0.2) is 0 Å². The zero-order valence-electron chi connectivity index (χ0n) is 13.5. The van der Waals surface area contributed by atoms with Crippen molar-refractivity contribution in [1.29, 1.82) is 0 Å². The maximum Gasteiger partial charge on any atom is 0.123 e. The van der Waals surface area contributed by atoms with E-state index in [1.807, 2.05) is 25.1 Å². The van der Waals surface area contributed by atoms with E-state index in [9.17, 15) is 0 Å². The Kier molecular flexibility index (Phi) is 13.0. The smallest absolute Gasteiger partial charge is 0.123 e. The van der Waals surface area contributed by atoms with E-state index in [-0.39, 0.29) is 24.8 Å². The molecule has 1 aliphatic heterocycles. The number of nitrogens with zero attached hydrogens (tertiary/aromatic N) is 1. The lowest BCUT2D eigenvalue weighted by atomic mass is 10.2. The molecule has 1 aliphatic rings. The summed E-state index contributed by atoms with van der Waals surface area (Å²) in [6.45, 7) is 9.44. The number of hydrogen-bond acceptors (Lipinski definition) is 4. The Morgan fingerprint density at radius 1 is 1.26 bits per heavy atom. The molecule has 0 radical (unpaired) electrons. The molecule has 0 spiro atoms. The van der Waals surface area contributed by atoms with Crippen molar-refractivity contribution < 1.29 is 34.3 Å². The van der Waals surface area contributed by atoms with Crippen LogP contribution in [0, 0.1) is 0 Å². The molecule has 1 saturated heterocycles. The minimum Gasteiger partial charge on any atom is -1.00 e. The standard InChI is InChI=1S/C16H25ClN2O2.2ClH/c1-2-21-16-5-4-15(17)12-14(16)13-18-6-3-7-19-8-10-20-11-9-19;;/h4-5,12,18H,2-3,6-11,13H2,1H3;2*1H/p-2. The molecule has 134 valence electrons. The molecule has 4 nitrogen and oxygen atoms in total. The lowest BCUT2D eigenvalue weighted by molar-refractivity contribution is -0.00100. The number of ether oxygens (including phenoxy) is 2. The minimum atomic E-state index is 0. The number of morpholine rings is 1. The van der Waals surface area contributed by atoms with Crippen molar-refractivity contribution in [3.05, 3.63) is 28.8 Å². The van der Waals surface area contributed by atoms with Gasteiger partial charge in [0.2, 0.25) is 0 Å². The highest BCUT2D eigenvalue weighted by atomic mass is 35.5. The number of hydrogen-bond donors (Lipinski definition) is 1. The van der Waals surface area contributed by atoms with Gasteiger partial charge in [-0.3, -0.25) is 4.90 Å². The second kappa shape index (κ2) is 13.1. The van der Waals surface area contributed by atoms with E-state index in [2.05, 4.69) is 10.2 Å². The SMILES string of the molecule is CCOc1ccc(Cl)cc1CNCCCN1CCOCC1.[Cl-].[Cl-]. The zero-order valence-corrected chi connectivity index (χ0v) is 15.8. The Balaban J connectivity index is 0.00000242. The second-order valence-corrected chi connectivity index (χ2v) is 5.61. The van der Waals surface area contributed by atoms with Crippen LogP contribution in [0.4, 0.5) is 0 Å². The third-order valence-corrected chi connectivity index (χ3v) is 3.80. The Hall–Kier alpha value is -0.230. The summed E-state index contributed by atoms with van der Waals surface area (Å²) in [5.74, 6) is 0.919. The molecule has 0 atom stereocenters. The second-order valence-electron chi connectivity index (χ2n) is 5.17. The fourth-order valence-electron chi connectivity index (χ4n) is 2.46. The third kappa shape index (κ3) is 8.43. The maximum atomic E-state index is 6.06. The molecule has 2 rings (SSSR count). The van der Waals surface area contributed by atoms with E-state index in [0.29, 0.717) is 6.61 Å². The van der Waals surface area contributed by atoms with Crippen LogP contribution in [0.5, 0.6) is 5.75 Å². The van der Waals surface area contributed by atoms with Crippen molar-refractivity contribution in [2.24, 2.45) is 0 Å². The first-order valence-electron chi connectivity index (χ1n) is 7.71. The molecule has 1 heterocycles. The number of nitrogens with one attached hydrogen (secondary N) is 1. The first-order chi connectivity index (χ1) is 10.3. The molecular weight excluding hydrogens is 359 g/mol. The average molecular weight is 384 g/mol. The highest BCUT2D eigenvalue weighted by Gasteiger charge is 2.09. The summed E-state index contributed by atoms with van der Waals surface area (Å²) >= 11 is 6.06. The van der Waals surface area contributed by atoms with E-state index < -0.39 is 0 Å². The van der Waals surface area contributed by atoms with Crippen LogP contribution in [-0.2, 0) is 11.3 Å². The normalized spacial score (nSPS) is 14.7. The van der Waals surface area contributed by atoms with Crippen molar-refractivity contribution in [1.82, 2.24) is 10.2 Å². The summed E-state index contributed by atoms with van der Waals surface area (Å²) < 4.78 is 11.0. The summed E-state index contributed by atoms with van der Waals surface area (Å²) in [4.78, 5) is 2.45. The minimum absolute atomic E-state index is 0. The fourth-order valence-corrected chi connectivity index (χ4v) is 2.65. The van der Waals surface area contributed by atoms with Gasteiger partial charge in [0.05, 0.1) is 19.8 Å². The molecule has 0 amide bonds. The van der Waals surface area contributed by atoms with Gasteiger partial charge in [0.15, 0.2) is 0 Å². The van der Waals surface area contributed by atoms with Gasteiger partial charge >= 0.3 is 0 Å². The quantitative estimate of drug-likeness (QED) is 0.474. The molecule has 1 fully saturated rings. The average Bonchev–Trinajstić information content (AvgIpc) is 2.51. The number of benzene rings is 1. The number of rotatable bonds is 8. The monoisotopic (exact) mass is 382 g/mol. The summed E-state index contributed by atoms with van der Waals surface area (Å²) in [5.41, 5.74) is 1.12. The highest BCUT2D eigenvalue weighted by Crippen LogP contribution is 2.22. The van der Waals surface area contributed by atoms with Crippen molar-refractivity contribution in [2.75, 3.05) is 46.0 Å². The molecule has 1 aromatic rings. The van der Waals surface area contributed by atoms with Crippen LogP contribution in [0.3, 0.4) is 0 Å². The third-order valence-electron chi connectivity index (χ3n) is 3.57. The van der Waals surface area contributed by atoms with Crippen LogP contribution < -0.4 is 34.9 Å². The molecule has 0 saturated carbocycles. The predicted molar refractivity (Wildman–Crippen MR) is 86.2 cm³/mol. The van der Waals surface area contributed by atoms with Gasteiger partial charge in [0.25, 0.3) is 0 Å². The molecular formula is C16H25Cl3N2O2-2. The fraction of sp³-hybridized carbons (Fsp3) is 0.625. The Labute approximate surface area is 156 Å². The van der Waals surface area contributed by atoms with Gasteiger partial charge < -0.3 is 39.6 Å². The van der Waals surface area contributed by atoms with E-state index in [0.717, 1.165) is 68.7 Å². The Morgan fingerprint density at radius 3 is 2.70 bits per heavy atom. The molecule has 1 aromatic carbocycles. The first-order valence-corrected chi connectivity index (χ1v) is 8.09. The van der Waals surface area contributed by atoms with E-state index in [4.69, 9.17) is 21.1 Å². The lowest BCUT2D eigenvalue weighted by Gasteiger charge is -2.26. The van der Waals surface area contributed by atoms with Crippen molar-refractivity contribution in [2.45, 2.75) is 19.9 Å². The number of halogens is 3. The van der Waals surface area contributed by atoms with Gasteiger partial charge in [-0.1, -0.05) is 11.6 Å². The van der Waals surface area contributed by atoms with Crippen LogP contribution in [0.25, 0.3) is 0 Å². The van der Waals surface area contributed by atoms with Crippen LogP contribution in [0.15, 0.2) is 18.2 Å². The first kappa shape index (κ1) is 22.8. The molecule has 23 heavy (non-hydrogen) atoms. The van der Waals surface area contributed by atoms with Crippen LogP contribution in [-0.4, -0.2) is 50.9 Å². The van der Waals surface area contributed by atoms with Gasteiger partial charge in [-0.2, -0.15) is 0 Å². The van der Waals surface area contributed by atoms with Gasteiger partial charge in [-0.15, -0.1) is 0 Å². The summed E-state index contributed by atoms with van der Waals surface area (Å²) in [5, 5.41) is 4.22. The van der Waals surface area contributed by atoms with Gasteiger partial charge in [-0.05, 0) is 44.6 Å². The summed E-state index contributed by atoms with van der Waals surface area (Å²) in [7, 11) is 0. The maximum absolute atomic E-state index is 6.06. The molecule has 0 aromatic heterocycles. The predicted octanol–water partition coefficient (Wildman–Crippen LogP) is -3.44. The molecule has 0 bridgehead atoms. The zero-order chi connectivity index (χ0) is 14.9. The highest BCUT2D eigenvalue weighted by molar-refractivity contribution is 6.30. The van der Waals surface area contributed by atoms with Crippen LogP contribution in [0.2, 0.25) is 5.02 Å². The van der Waals surface area contributed by atoms with E-state index in [1.165, 1.54) is 0 Å². The molecule has 0 aliphatic carbocycles. The Bertz CT molecular complexity index is 430. The topological polar surface area (TPSA) is 33.7 Å². The van der Waals surface area contributed by atoms with Gasteiger partial charge in [0.1, 0.15) is 5.75 Å². The van der Waals surface area contributed by atoms with Gasteiger partial charge in [0, 0.05) is 30.2 Å². The van der Waals surface area contributed by atoms with Crippen molar-refractivity contribution >= 4 is 11.6 Å². The largest absolute Gasteiger partial charge is 1.00 e. The summed E-state index contributed by atoms with van der Waals surface area (Å²) in [6, 6.07) is 5.78. The van der Waals surface area contributed by atoms with Crippen LogP contribution >= 0.6 is 11.6 Å². The van der Waals surface area contributed by atoms with Crippen molar-refractivity contribution in [3.8, 4) is 5.75 Å². The van der Waals surface area contributed by atoms with E-state index >= 15 is 0 Å². The summed E-state index contributed by atoms with van der Waals surface area (Å²) in [6.07, 6.45) is 1.14. The van der Waals surface area contributed by atoms with Crippen LogP contribution in [0.1, 0.15) is 18.9 Å². The molecule has 0 unspecified atom stereocenters. The van der Waals surface area contributed by atoms with Crippen molar-refractivity contribution in [3.63, 3.8) is 0 Å². The molecule has 7 heteroatoms. The molecule has 1 N–H and O–H groups in total. The lowest BCUT2D eigenvalue weighted by Crippen LogP contribution is -3.00.